The summed E-state index contributed by atoms with van der Waals surface area (Å²) in [5, 5.41) is 14.6. The van der Waals surface area contributed by atoms with Crippen LogP contribution in [0.5, 0.6) is 0 Å². The van der Waals surface area contributed by atoms with Gasteiger partial charge in [-0.15, -0.1) is 0 Å². The quantitative estimate of drug-likeness (QED) is 0.772. The second-order valence-electron chi connectivity index (χ2n) is 5.45. The second kappa shape index (κ2) is 5.63. The molecule has 3 aromatic rings. The van der Waals surface area contributed by atoms with Gasteiger partial charge in [-0.3, -0.25) is 5.10 Å². The Kier molecular flexibility index (Phi) is 3.66. The summed E-state index contributed by atoms with van der Waals surface area (Å²) < 4.78 is 5.22. The maximum Gasteiger partial charge on any atom is 0.257 e. The number of H-pyrrole nitrogens is 1. The number of hydrogen-bond acceptors (Lipinski definition) is 5. The van der Waals surface area contributed by atoms with Crippen LogP contribution in [-0.2, 0) is 6.54 Å². The van der Waals surface area contributed by atoms with Crippen LogP contribution in [-0.4, -0.2) is 20.3 Å². The van der Waals surface area contributed by atoms with E-state index in [1.54, 1.807) is 0 Å². The molecule has 1 aromatic carbocycles. The Morgan fingerprint density at radius 3 is 2.64 bits per heavy atom. The molecule has 0 aliphatic carbocycles. The maximum atomic E-state index is 5.22. The summed E-state index contributed by atoms with van der Waals surface area (Å²) in [6.45, 7) is 8.64. The van der Waals surface area contributed by atoms with E-state index in [-0.39, 0.29) is 0 Å². The third kappa shape index (κ3) is 2.72. The Labute approximate surface area is 129 Å². The number of hydrogen-bond donors (Lipinski definition) is 2. The van der Waals surface area contributed by atoms with Crippen molar-refractivity contribution in [2.24, 2.45) is 0 Å². The molecule has 0 atom stereocenters. The summed E-state index contributed by atoms with van der Waals surface area (Å²) in [6, 6.07) is 6.05. The van der Waals surface area contributed by atoms with Crippen molar-refractivity contribution in [1.29, 1.82) is 0 Å². The minimum absolute atomic E-state index is 0.535. The number of nitrogens with zero attached hydrogens (tertiary/aromatic N) is 3. The zero-order valence-corrected chi connectivity index (χ0v) is 13.2. The van der Waals surface area contributed by atoms with E-state index in [0.717, 1.165) is 28.2 Å². The van der Waals surface area contributed by atoms with Gasteiger partial charge in [0.05, 0.1) is 12.2 Å². The minimum Gasteiger partial charge on any atom is -0.379 e. The molecule has 0 aliphatic heterocycles. The molecule has 114 valence electrons. The number of benzene rings is 1. The SMILES string of the molecule is Cc1noc(-c2ccc(C)c(NCc3n[nH]c(C)c3C)c2)n1. The molecule has 0 amide bonds. The molecule has 0 unspecified atom stereocenters. The molecule has 0 aliphatic rings. The van der Waals surface area contributed by atoms with Crippen LogP contribution >= 0.6 is 0 Å². The summed E-state index contributed by atoms with van der Waals surface area (Å²) >= 11 is 0. The molecule has 6 heteroatoms. The number of aromatic amines is 1. The average molecular weight is 297 g/mol. The Balaban J connectivity index is 1.82. The van der Waals surface area contributed by atoms with Crippen LogP contribution in [0.25, 0.3) is 11.5 Å². The van der Waals surface area contributed by atoms with E-state index in [9.17, 15) is 0 Å². The van der Waals surface area contributed by atoms with Gasteiger partial charge in [0.25, 0.3) is 5.89 Å². The Hall–Kier alpha value is -2.63. The molecule has 22 heavy (non-hydrogen) atoms. The minimum atomic E-state index is 0.535. The molecule has 0 bridgehead atoms. The fraction of sp³-hybridized carbons (Fsp3) is 0.312. The van der Waals surface area contributed by atoms with E-state index in [2.05, 4.69) is 39.5 Å². The zero-order valence-electron chi connectivity index (χ0n) is 13.2. The number of nitrogens with one attached hydrogen (secondary N) is 2. The fourth-order valence-electron chi connectivity index (χ4n) is 2.25. The maximum absolute atomic E-state index is 5.22. The highest BCUT2D eigenvalue weighted by atomic mass is 16.5. The highest BCUT2D eigenvalue weighted by molar-refractivity contribution is 5.64. The number of aromatic nitrogens is 4. The lowest BCUT2D eigenvalue weighted by Gasteiger charge is -2.10. The summed E-state index contributed by atoms with van der Waals surface area (Å²) in [5.41, 5.74) is 6.41. The highest BCUT2D eigenvalue weighted by Crippen LogP contribution is 2.25. The van der Waals surface area contributed by atoms with Crippen molar-refractivity contribution in [1.82, 2.24) is 20.3 Å². The Bertz CT molecular complexity index is 803. The van der Waals surface area contributed by atoms with Crippen LogP contribution in [0.2, 0.25) is 0 Å². The summed E-state index contributed by atoms with van der Waals surface area (Å²) in [6.07, 6.45) is 0. The van der Waals surface area contributed by atoms with Crippen molar-refractivity contribution in [3.63, 3.8) is 0 Å². The summed E-state index contributed by atoms with van der Waals surface area (Å²) in [7, 11) is 0. The third-order valence-electron chi connectivity index (χ3n) is 3.81. The first-order chi connectivity index (χ1) is 10.5. The highest BCUT2D eigenvalue weighted by Gasteiger charge is 2.10. The summed E-state index contributed by atoms with van der Waals surface area (Å²) in [4.78, 5) is 4.26. The van der Waals surface area contributed by atoms with Crippen LogP contribution in [0.3, 0.4) is 0 Å². The Morgan fingerprint density at radius 2 is 2.00 bits per heavy atom. The van der Waals surface area contributed by atoms with Crippen molar-refractivity contribution in [3.05, 3.63) is 46.5 Å². The third-order valence-corrected chi connectivity index (χ3v) is 3.81. The molecule has 2 heterocycles. The first-order valence-corrected chi connectivity index (χ1v) is 7.20. The van der Waals surface area contributed by atoms with Gasteiger partial charge in [0.15, 0.2) is 5.82 Å². The van der Waals surface area contributed by atoms with Crippen LogP contribution < -0.4 is 5.32 Å². The van der Waals surface area contributed by atoms with Gasteiger partial charge in [0.2, 0.25) is 0 Å². The van der Waals surface area contributed by atoms with Gasteiger partial charge in [-0.1, -0.05) is 11.2 Å². The molecule has 3 rings (SSSR count). The van der Waals surface area contributed by atoms with Crippen LogP contribution in [0, 0.1) is 27.7 Å². The van der Waals surface area contributed by atoms with Gasteiger partial charge < -0.3 is 9.84 Å². The molecule has 6 nitrogen and oxygen atoms in total. The van der Waals surface area contributed by atoms with Gasteiger partial charge >= 0.3 is 0 Å². The first-order valence-electron chi connectivity index (χ1n) is 7.20. The van der Waals surface area contributed by atoms with Crippen LogP contribution in [0.4, 0.5) is 5.69 Å². The monoisotopic (exact) mass is 297 g/mol. The van der Waals surface area contributed by atoms with Crippen molar-refractivity contribution in [3.8, 4) is 11.5 Å². The number of rotatable bonds is 4. The standard InChI is InChI=1S/C16H19N5O/c1-9-5-6-13(16-18-12(4)21-22-16)7-14(9)17-8-15-10(2)11(3)19-20-15/h5-7,17H,8H2,1-4H3,(H,19,20). The van der Waals surface area contributed by atoms with E-state index in [4.69, 9.17) is 4.52 Å². The lowest BCUT2D eigenvalue weighted by atomic mass is 10.1. The lowest BCUT2D eigenvalue weighted by molar-refractivity contribution is 0.425. The fourth-order valence-corrected chi connectivity index (χ4v) is 2.25. The molecular formula is C16H19N5O. The van der Waals surface area contributed by atoms with Crippen molar-refractivity contribution in [2.45, 2.75) is 34.2 Å². The first kappa shape index (κ1) is 14.3. The van der Waals surface area contributed by atoms with Gasteiger partial charge in [-0.25, -0.2) is 0 Å². The van der Waals surface area contributed by atoms with Gasteiger partial charge in [0, 0.05) is 16.9 Å². The van der Waals surface area contributed by atoms with Crippen LogP contribution in [0.1, 0.15) is 28.3 Å². The largest absolute Gasteiger partial charge is 0.379 e. The molecule has 0 spiro atoms. The molecule has 2 aromatic heterocycles. The van der Waals surface area contributed by atoms with E-state index in [1.165, 1.54) is 5.56 Å². The van der Waals surface area contributed by atoms with Crippen LogP contribution in [0.15, 0.2) is 22.7 Å². The number of aryl methyl sites for hydroxylation is 3. The smallest absolute Gasteiger partial charge is 0.257 e. The topological polar surface area (TPSA) is 79.6 Å². The number of anilines is 1. The molecule has 2 N–H and O–H groups in total. The molecule has 0 saturated carbocycles. The van der Waals surface area contributed by atoms with E-state index < -0.39 is 0 Å². The van der Waals surface area contributed by atoms with E-state index in [0.29, 0.717) is 18.3 Å². The Morgan fingerprint density at radius 1 is 1.18 bits per heavy atom. The predicted molar refractivity (Wildman–Crippen MR) is 84.6 cm³/mol. The second-order valence-corrected chi connectivity index (χ2v) is 5.45. The lowest BCUT2D eigenvalue weighted by Crippen LogP contribution is -2.03. The van der Waals surface area contributed by atoms with Gasteiger partial charge in [0.1, 0.15) is 0 Å². The van der Waals surface area contributed by atoms with Gasteiger partial charge in [-0.2, -0.15) is 10.1 Å². The van der Waals surface area contributed by atoms with Crippen molar-refractivity contribution >= 4 is 5.69 Å². The molecule has 0 saturated heterocycles. The average Bonchev–Trinajstić information content (AvgIpc) is 3.06. The zero-order chi connectivity index (χ0) is 15.7. The molecule has 0 radical (unpaired) electrons. The van der Waals surface area contributed by atoms with Crippen molar-refractivity contribution in [2.75, 3.05) is 5.32 Å². The molecule has 0 fully saturated rings. The van der Waals surface area contributed by atoms with E-state index >= 15 is 0 Å². The normalized spacial score (nSPS) is 10.9. The van der Waals surface area contributed by atoms with Crippen molar-refractivity contribution < 1.29 is 4.52 Å². The predicted octanol–water partition coefficient (Wildman–Crippen LogP) is 3.31. The molecular weight excluding hydrogens is 278 g/mol. The van der Waals surface area contributed by atoms with Gasteiger partial charge in [-0.05, 0) is 51.0 Å². The van der Waals surface area contributed by atoms with E-state index in [1.807, 2.05) is 32.0 Å². The summed E-state index contributed by atoms with van der Waals surface area (Å²) in [5.74, 6) is 1.17.